The van der Waals surface area contributed by atoms with Gasteiger partial charge >= 0.3 is 0 Å². The second-order valence-corrected chi connectivity index (χ2v) is 5.43. The Hall–Kier alpha value is -1.79. The quantitative estimate of drug-likeness (QED) is 0.849. The Kier molecular flexibility index (Phi) is 3.75. The molecule has 0 bridgehead atoms. The number of rotatable bonds is 2. The number of carbonyl (C=O) groups is 1. The van der Waals surface area contributed by atoms with Gasteiger partial charge in [-0.3, -0.25) is 4.79 Å². The standard InChI is InChI=1S/C14H15N3O2S/c1-10-15-4-2-12(16-10)13-8-17(5-6-19-13)14(18)11-3-7-20-9-11/h2-4,7,9,13H,5-6,8H2,1H3/t13-/m0/s1. The first-order valence-corrected chi connectivity index (χ1v) is 7.41. The van der Waals surface area contributed by atoms with Crippen LogP contribution < -0.4 is 0 Å². The first kappa shape index (κ1) is 13.2. The topological polar surface area (TPSA) is 55.3 Å². The van der Waals surface area contributed by atoms with Crippen LogP contribution in [0, 0.1) is 6.92 Å². The summed E-state index contributed by atoms with van der Waals surface area (Å²) in [4.78, 5) is 22.6. The monoisotopic (exact) mass is 289 g/mol. The van der Waals surface area contributed by atoms with Crippen LogP contribution in [0.15, 0.2) is 29.1 Å². The lowest BCUT2D eigenvalue weighted by Crippen LogP contribution is -2.42. The minimum Gasteiger partial charge on any atom is -0.368 e. The van der Waals surface area contributed by atoms with Crippen molar-refractivity contribution in [1.82, 2.24) is 14.9 Å². The molecule has 104 valence electrons. The van der Waals surface area contributed by atoms with Crippen LogP contribution in [0.25, 0.3) is 0 Å². The summed E-state index contributed by atoms with van der Waals surface area (Å²) in [6.07, 6.45) is 1.55. The van der Waals surface area contributed by atoms with Crippen molar-refractivity contribution in [2.24, 2.45) is 0 Å². The normalized spacial score (nSPS) is 19.1. The van der Waals surface area contributed by atoms with Crippen LogP contribution >= 0.6 is 11.3 Å². The molecule has 20 heavy (non-hydrogen) atoms. The van der Waals surface area contributed by atoms with E-state index in [2.05, 4.69) is 9.97 Å². The fraction of sp³-hybridized carbons (Fsp3) is 0.357. The highest BCUT2D eigenvalue weighted by Crippen LogP contribution is 2.22. The first-order chi connectivity index (χ1) is 9.74. The number of morpholine rings is 1. The maximum absolute atomic E-state index is 12.3. The summed E-state index contributed by atoms with van der Waals surface area (Å²) in [5.74, 6) is 0.776. The van der Waals surface area contributed by atoms with Gasteiger partial charge in [0.1, 0.15) is 11.9 Å². The number of carbonyl (C=O) groups excluding carboxylic acids is 1. The number of hydrogen-bond donors (Lipinski definition) is 0. The van der Waals surface area contributed by atoms with Gasteiger partial charge in [-0.2, -0.15) is 11.3 Å². The number of thiophene rings is 1. The largest absolute Gasteiger partial charge is 0.368 e. The SMILES string of the molecule is Cc1nccc([C@@H]2CN(C(=O)c3ccsc3)CCO2)n1. The molecule has 5 nitrogen and oxygen atoms in total. The Morgan fingerprint density at radius 1 is 1.50 bits per heavy atom. The number of nitrogens with zero attached hydrogens (tertiary/aromatic N) is 3. The second kappa shape index (κ2) is 5.68. The van der Waals surface area contributed by atoms with Crippen molar-refractivity contribution >= 4 is 17.2 Å². The predicted octanol–water partition coefficient (Wildman–Crippen LogP) is 2.06. The van der Waals surface area contributed by atoms with Crippen molar-refractivity contribution in [2.75, 3.05) is 19.7 Å². The van der Waals surface area contributed by atoms with Gasteiger partial charge in [-0.1, -0.05) is 0 Å². The molecule has 0 aliphatic carbocycles. The van der Waals surface area contributed by atoms with Gasteiger partial charge in [-0.15, -0.1) is 0 Å². The molecule has 0 spiro atoms. The first-order valence-electron chi connectivity index (χ1n) is 6.46. The lowest BCUT2D eigenvalue weighted by Gasteiger charge is -2.32. The molecular formula is C14H15N3O2S. The van der Waals surface area contributed by atoms with Gasteiger partial charge in [0.05, 0.1) is 24.4 Å². The van der Waals surface area contributed by atoms with E-state index in [1.165, 1.54) is 11.3 Å². The van der Waals surface area contributed by atoms with Crippen molar-refractivity contribution < 1.29 is 9.53 Å². The van der Waals surface area contributed by atoms with E-state index in [0.29, 0.717) is 25.5 Å². The highest BCUT2D eigenvalue weighted by Gasteiger charge is 2.27. The molecule has 1 saturated heterocycles. The summed E-state index contributed by atoms with van der Waals surface area (Å²) in [6.45, 7) is 3.53. The van der Waals surface area contributed by atoms with Crippen LogP contribution in [0.3, 0.4) is 0 Å². The van der Waals surface area contributed by atoms with Crippen LogP contribution in [-0.4, -0.2) is 40.5 Å². The Bertz CT molecular complexity index is 600. The zero-order valence-electron chi connectivity index (χ0n) is 11.2. The van der Waals surface area contributed by atoms with Crippen molar-refractivity contribution in [1.29, 1.82) is 0 Å². The lowest BCUT2D eigenvalue weighted by molar-refractivity contribution is -0.0248. The van der Waals surface area contributed by atoms with E-state index in [4.69, 9.17) is 4.74 Å². The summed E-state index contributed by atoms with van der Waals surface area (Å²) < 4.78 is 5.74. The highest BCUT2D eigenvalue weighted by molar-refractivity contribution is 7.08. The molecule has 0 aromatic carbocycles. The molecule has 1 aliphatic rings. The molecular weight excluding hydrogens is 274 g/mol. The molecule has 1 fully saturated rings. The minimum absolute atomic E-state index is 0.0605. The zero-order chi connectivity index (χ0) is 13.9. The van der Waals surface area contributed by atoms with E-state index in [1.54, 1.807) is 6.20 Å². The fourth-order valence-electron chi connectivity index (χ4n) is 2.24. The Morgan fingerprint density at radius 2 is 2.40 bits per heavy atom. The zero-order valence-corrected chi connectivity index (χ0v) is 12.0. The average Bonchev–Trinajstić information content (AvgIpc) is 3.01. The molecule has 2 aromatic heterocycles. The third kappa shape index (κ3) is 2.71. The van der Waals surface area contributed by atoms with E-state index in [0.717, 1.165) is 11.3 Å². The molecule has 1 amide bonds. The average molecular weight is 289 g/mol. The molecule has 6 heteroatoms. The lowest BCUT2D eigenvalue weighted by atomic mass is 10.2. The smallest absolute Gasteiger partial charge is 0.254 e. The highest BCUT2D eigenvalue weighted by atomic mass is 32.1. The Balaban J connectivity index is 1.75. The van der Waals surface area contributed by atoms with Crippen LogP contribution in [0.4, 0.5) is 0 Å². The summed E-state index contributed by atoms with van der Waals surface area (Å²) in [5, 5.41) is 3.79. The van der Waals surface area contributed by atoms with E-state index in [1.807, 2.05) is 34.7 Å². The fourth-order valence-corrected chi connectivity index (χ4v) is 2.86. The molecule has 2 aromatic rings. The molecule has 1 atom stereocenters. The van der Waals surface area contributed by atoms with E-state index >= 15 is 0 Å². The van der Waals surface area contributed by atoms with Crippen molar-refractivity contribution in [3.05, 3.63) is 46.2 Å². The minimum atomic E-state index is -0.173. The van der Waals surface area contributed by atoms with Crippen LogP contribution in [0.5, 0.6) is 0 Å². The van der Waals surface area contributed by atoms with Gasteiger partial charge < -0.3 is 9.64 Å². The van der Waals surface area contributed by atoms with E-state index in [9.17, 15) is 4.79 Å². The molecule has 3 rings (SSSR count). The second-order valence-electron chi connectivity index (χ2n) is 4.65. The number of aromatic nitrogens is 2. The molecule has 0 radical (unpaired) electrons. The molecule has 0 N–H and O–H groups in total. The Morgan fingerprint density at radius 3 is 3.15 bits per heavy atom. The number of ether oxygens (including phenoxy) is 1. The number of hydrogen-bond acceptors (Lipinski definition) is 5. The van der Waals surface area contributed by atoms with Crippen LogP contribution in [0.1, 0.15) is 28.0 Å². The summed E-state index contributed by atoms with van der Waals surface area (Å²) in [6, 6.07) is 3.70. The molecule has 0 saturated carbocycles. The predicted molar refractivity (Wildman–Crippen MR) is 75.7 cm³/mol. The van der Waals surface area contributed by atoms with Crippen molar-refractivity contribution in [2.45, 2.75) is 13.0 Å². The maximum atomic E-state index is 12.3. The van der Waals surface area contributed by atoms with Gasteiger partial charge in [0.25, 0.3) is 5.91 Å². The summed E-state index contributed by atoms with van der Waals surface area (Å²) in [7, 11) is 0. The Labute approximate surface area is 121 Å². The van der Waals surface area contributed by atoms with Crippen molar-refractivity contribution in [3.8, 4) is 0 Å². The van der Waals surface area contributed by atoms with Crippen LogP contribution in [0.2, 0.25) is 0 Å². The third-order valence-electron chi connectivity index (χ3n) is 3.25. The van der Waals surface area contributed by atoms with Gasteiger partial charge in [-0.05, 0) is 24.4 Å². The number of amides is 1. The van der Waals surface area contributed by atoms with Gasteiger partial charge in [-0.25, -0.2) is 9.97 Å². The third-order valence-corrected chi connectivity index (χ3v) is 3.93. The van der Waals surface area contributed by atoms with Crippen LogP contribution in [-0.2, 0) is 4.74 Å². The van der Waals surface area contributed by atoms with E-state index < -0.39 is 0 Å². The van der Waals surface area contributed by atoms with Gasteiger partial charge in [0.15, 0.2) is 0 Å². The molecule has 1 aliphatic heterocycles. The summed E-state index contributed by atoms with van der Waals surface area (Å²) in [5.41, 5.74) is 1.58. The number of aryl methyl sites for hydroxylation is 1. The van der Waals surface area contributed by atoms with E-state index in [-0.39, 0.29) is 12.0 Å². The maximum Gasteiger partial charge on any atom is 0.254 e. The van der Waals surface area contributed by atoms with Gasteiger partial charge in [0, 0.05) is 18.1 Å². The van der Waals surface area contributed by atoms with Crippen molar-refractivity contribution in [3.63, 3.8) is 0 Å². The van der Waals surface area contributed by atoms with Gasteiger partial charge in [0.2, 0.25) is 0 Å². The molecule has 0 unspecified atom stereocenters. The summed E-state index contributed by atoms with van der Waals surface area (Å²) >= 11 is 1.53. The molecule has 3 heterocycles.